The number of amides is 3. The summed E-state index contributed by atoms with van der Waals surface area (Å²) in [6.45, 7) is 1.66. The number of para-hydroxylation sites is 1. The van der Waals surface area contributed by atoms with Gasteiger partial charge in [-0.25, -0.2) is 9.59 Å². The van der Waals surface area contributed by atoms with Gasteiger partial charge in [0.25, 0.3) is 0 Å². The number of hydrogen-bond donors (Lipinski definition) is 4. The summed E-state index contributed by atoms with van der Waals surface area (Å²) >= 11 is 0. The third-order valence-electron chi connectivity index (χ3n) is 8.48. The van der Waals surface area contributed by atoms with Crippen LogP contribution in [0.5, 0.6) is 0 Å². The van der Waals surface area contributed by atoms with Crippen molar-refractivity contribution in [2.75, 3.05) is 26.7 Å². The number of aromatic amines is 1. The molecule has 5 N–H and O–H groups in total. The van der Waals surface area contributed by atoms with Crippen LogP contribution in [0.2, 0.25) is 0 Å². The number of hydrogen-bond acceptors (Lipinski definition) is 5. The van der Waals surface area contributed by atoms with Crippen LogP contribution in [-0.4, -0.2) is 66.6 Å². The zero-order valence-corrected chi connectivity index (χ0v) is 23.5. The number of aromatic nitrogens is 1. The molecule has 2 heterocycles. The molecule has 0 bridgehead atoms. The van der Waals surface area contributed by atoms with Gasteiger partial charge in [-0.15, -0.1) is 0 Å². The molecule has 1 spiro atoms. The van der Waals surface area contributed by atoms with E-state index in [2.05, 4.69) is 46.0 Å². The molecule has 0 saturated carbocycles. The van der Waals surface area contributed by atoms with Crippen LogP contribution in [0.15, 0.2) is 60.8 Å². The smallest absolute Gasteiger partial charge is 0.328 e. The van der Waals surface area contributed by atoms with Crippen LogP contribution in [0, 0.1) is 0 Å². The molecule has 3 amide bonds. The first-order valence-corrected chi connectivity index (χ1v) is 14.4. The Morgan fingerprint density at radius 2 is 1.78 bits per heavy atom. The normalized spacial score (nSPS) is 16.8. The minimum absolute atomic E-state index is 0.0501. The highest BCUT2D eigenvalue weighted by Crippen LogP contribution is 2.43. The fourth-order valence-electron chi connectivity index (χ4n) is 6.11. The predicted molar refractivity (Wildman–Crippen MR) is 159 cm³/mol. The number of allylic oxidation sites excluding steroid dienone is 1. The van der Waals surface area contributed by atoms with Gasteiger partial charge >= 0.3 is 12.0 Å². The number of carbonyl (C=O) groups excluding carboxylic acids is 3. The molecule has 3 aromatic rings. The lowest BCUT2D eigenvalue weighted by atomic mass is 9.74. The summed E-state index contributed by atoms with van der Waals surface area (Å²) in [6, 6.07) is 14.3. The SMILES string of the molecule is COC(=O)C(CCCCN)NC(=O)C(Cc1c[nH]c2ccccc12)NC(=O)N1CCC2(C=Cc3ccccc32)CC1. The van der Waals surface area contributed by atoms with Crippen molar-refractivity contribution in [3.63, 3.8) is 0 Å². The fraction of sp³-hybridized carbons (Fsp3) is 0.406. The molecule has 41 heavy (non-hydrogen) atoms. The summed E-state index contributed by atoms with van der Waals surface area (Å²) in [5.41, 5.74) is 9.99. The number of H-pyrrole nitrogens is 1. The molecule has 1 aromatic heterocycles. The standard InChI is InChI=1S/C32H39N5O4/c1-41-30(39)27(12-6-7-17-33)35-29(38)28(20-23-21-34-26-11-5-3-9-24(23)26)36-31(40)37-18-15-32(16-19-37)14-13-22-8-2-4-10-25(22)32/h2-5,8-11,13-14,21,27-28,34H,6-7,12,15-20,33H2,1H3,(H,35,38)(H,36,40). The first-order valence-electron chi connectivity index (χ1n) is 14.4. The Kier molecular flexibility index (Phi) is 8.73. The molecule has 9 nitrogen and oxygen atoms in total. The van der Waals surface area contributed by atoms with Gasteiger partial charge in [0.15, 0.2) is 0 Å². The van der Waals surface area contributed by atoms with E-state index < -0.39 is 24.0 Å². The molecule has 5 rings (SSSR count). The maximum Gasteiger partial charge on any atom is 0.328 e. The van der Waals surface area contributed by atoms with E-state index in [9.17, 15) is 14.4 Å². The number of methoxy groups -OCH3 is 1. The first kappa shape index (κ1) is 28.4. The van der Waals surface area contributed by atoms with Crippen molar-refractivity contribution in [3.05, 3.63) is 77.5 Å². The maximum atomic E-state index is 13.6. The van der Waals surface area contributed by atoms with E-state index in [0.717, 1.165) is 35.7 Å². The molecule has 2 aromatic carbocycles. The summed E-state index contributed by atoms with van der Waals surface area (Å²) in [7, 11) is 1.30. The quantitative estimate of drug-likeness (QED) is 0.223. The van der Waals surface area contributed by atoms with Gasteiger partial charge in [-0.3, -0.25) is 4.79 Å². The molecule has 1 aliphatic heterocycles. The van der Waals surface area contributed by atoms with Gasteiger partial charge in [0.1, 0.15) is 12.1 Å². The van der Waals surface area contributed by atoms with Crippen molar-refractivity contribution in [1.29, 1.82) is 0 Å². The number of benzene rings is 2. The monoisotopic (exact) mass is 557 g/mol. The van der Waals surface area contributed by atoms with E-state index in [0.29, 0.717) is 32.5 Å². The Hall–Kier alpha value is -4.11. The molecule has 9 heteroatoms. The Bertz CT molecular complexity index is 1420. The number of unbranched alkanes of at least 4 members (excludes halogenated alkanes) is 1. The highest BCUT2D eigenvalue weighted by Gasteiger charge is 2.39. The summed E-state index contributed by atoms with van der Waals surface area (Å²) < 4.78 is 4.94. The average molecular weight is 558 g/mol. The lowest BCUT2D eigenvalue weighted by Gasteiger charge is -2.39. The van der Waals surface area contributed by atoms with Gasteiger partial charge in [-0.05, 0) is 61.4 Å². The second-order valence-electron chi connectivity index (χ2n) is 11.0. The highest BCUT2D eigenvalue weighted by atomic mass is 16.5. The number of esters is 1. The number of nitrogens with one attached hydrogen (secondary N) is 3. The second-order valence-corrected chi connectivity index (χ2v) is 11.0. The Morgan fingerprint density at radius 1 is 1.02 bits per heavy atom. The van der Waals surface area contributed by atoms with E-state index in [4.69, 9.17) is 10.5 Å². The van der Waals surface area contributed by atoms with Gasteiger partial charge in [-0.2, -0.15) is 0 Å². The van der Waals surface area contributed by atoms with Crippen molar-refractivity contribution in [3.8, 4) is 0 Å². The molecular weight excluding hydrogens is 518 g/mol. The molecule has 216 valence electrons. The van der Waals surface area contributed by atoms with Crippen molar-refractivity contribution >= 4 is 34.9 Å². The molecule has 2 atom stereocenters. The number of rotatable bonds is 10. The summed E-state index contributed by atoms with van der Waals surface area (Å²) in [5, 5.41) is 6.81. The lowest BCUT2D eigenvalue weighted by Crippen LogP contribution is -2.56. The molecule has 0 radical (unpaired) electrons. The van der Waals surface area contributed by atoms with Gasteiger partial charge in [-0.1, -0.05) is 54.6 Å². The number of carbonyl (C=O) groups is 3. The van der Waals surface area contributed by atoms with Crippen LogP contribution in [0.1, 0.15) is 48.8 Å². The number of ether oxygens (including phenoxy) is 1. The maximum absolute atomic E-state index is 13.6. The van der Waals surface area contributed by atoms with Crippen LogP contribution >= 0.6 is 0 Å². The molecule has 2 unspecified atom stereocenters. The van der Waals surface area contributed by atoms with Gasteiger partial charge < -0.3 is 31.0 Å². The number of likely N-dealkylation sites (tertiary alicyclic amines) is 1. The fourth-order valence-corrected chi connectivity index (χ4v) is 6.11. The van der Waals surface area contributed by atoms with Crippen LogP contribution in [0.3, 0.4) is 0 Å². The van der Waals surface area contributed by atoms with E-state index in [1.165, 1.54) is 18.2 Å². The van der Waals surface area contributed by atoms with Gasteiger partial charge in [0, 0.05) is 42.0 Å². The minimum Gasteiger partial charge on any atom is -0.467 e. The predicted octanol–water partition coefficient (Wildman–Crippen LogP) is 3.64. The summed E-state index contributed by atoms with van der Waals surface area (Å²) in [6.07, 6.45) is 10.0. The molecular formula is C32H39N5O4. The Labute approximate surface area is 240 Å². The lowest BCUT2D eigenvalue weighted by molar-refractivity contribution is -0.145. The Morgan fingerprint density at radius 3 is 2.56 bits per heavy atom. The van der Waals surface area contributed by atoms with Gasteiger partial charge in [0.05, 0.1) is 7.11 Å². The number of fused-ring (bicyclic) bond motifs is 3. The molecule has 1 aliphatic carbocycles. The minimum atomic E-state index is -0.883. The summed E-state index contributed by atoms with van der Waals surface area (Å²) in [5.74, 6) is -0.938. The van der Waals surface area contributed by atoms with Crippen LogP contribution in [-0.2, 0) is 26.2 Å². The zero-order chi connectivity index (χ0) is 28.8. The van der Waals surface area contributed by atoms with Gasteiger partial charge in [0.2, 0.25) is 5.91 Å². The van der Waals surface area contributed by atoms with Crippen LogP contribution in [0.4, 0.5) is 4.79 Å². The number of urea groups is 1. The Balaban J connectivity index is 1.30. The van der Waals surface area contributed by atoms with Crippen LogP contribution in [0.25, 0.3) is 17.0 Å². The van der Waals surface area contributed by atoms with Crippen molar-refractivity contribution < 1.29 is 19.1 Å². The molecule has 2 aliphatic rings. The largest absolute Gasteiger partial charge is 0.467 e. The van der Waals surface area contributed by atoms with E-state index >= 15 is 0 Å². The first-order chi connectivity index (χ1) is 19.9. The molecule has 1 saturated heterocycles. The highest BCUT2D eigenvalue weighted by molar-refractivity contribution is 5.92. The van der Waals surface area contributed by atoms with Crippen molar-refractivity contribution in [2.24, 2.45) is 5.73 Å². The third-order valence-corrected chi connectivity index (χ3v) is 8.48. The topological polar surface area (TPSA) is 130 Å². The second kappa shape index (κ2) is 12.6. The average Bonchev–Trinajstić information content (AvgIpc) is 3.57. The zero-order valence-electron chi connectivity index (χ0n) is 23.5. The van der Waals surface area contributed by atoms with Crippen molar-refractivity contribution in [2.45, 2.75) is 56.0 Å². The third kappa shape index (κ3) is 6.15. The molecule has 1 fully saturated rings. The number of nitrogens with two attached hydrogens (primary N) is 1. The number of piperidine rings is 1. The number of nitrogens with zero attached hydrogens (tertiary/aromatic N) is 1. The van der Waals surface area contributed by atoms with Crippen LogP contribution < -0.4 is 16.4 Å². The van der Waals surface area contributed by atoms with E-state index in [1.807, 2.05) is 36.5 Å². The van der Waals surface area contributed by atoms with Crippen molar-refractivity contribution in [1.82, 2.24) is 20.5 Å². The van der Waals surface area contributed by atoms with E-state index in [-0.39, 0.29) is 17.9 Å². The summed E-state index contributed by atoms with van der Waals surface area (Å²) in [4.78, 5) is 44.7. The van der Waals surface area contributed by atoms with E-state index in [1.54, 1.807) is 4.90 Å².